The van der Waals surface area contributed by atoms with Gasteiger partial charge < -0.3 is 4.57 Å². The number of hydrogen-bond donors (Lipinski definition) is 0. The van der Waals surface area contributed by atoms with Crippen molar-refractivity contribution in [2.24, 2.45) is 0 Å². The molecule has 0 saturated heterocycles. The first-order valence-electron chi connectivity index (χ1n) is 7.55. The van der Waals surface area contributed by atoms with Crippen LogP contribution in [0, 0.1) is 19.7 Å². The SMILES string of the molecule is C=C(c1cnc2nc(C)n(C(C)C)c2c1)c1cc(F)cnc1C. The maximum Gasteiger partial charge on any atom is 0.177 e. The van der Waals surface area contributed by atoms with Gasteiger partial charge in [0, 0.05) is 29.1 Å². The summed E-state index contributed by atoms with van der Waals surface area (Å²) in [5, 5.41) is 0. The Balaban J connectivity index is 2.15. The van der Waals surface area contributed by atoms with Gasteiger partial charge in [-0.15, -0.1) is 0 Å². The number of hydrogen-bond acceptors (Lipinski definition) is 3. The van der Waals surface area contributed by atoms with Crippen LogP contribution in [0.2, 0.25) is 0 Å². The van der Waals surface area contributed by atoms with Gasteiger partial charge in [0.1, 0.15) is 11.6 Å². The average Bonchev–Trinajstić information content (AvgIpc) is 2.83. The zero-order valence-electron chi connectivity index (χ0n) is 13.8. The molecule has 0 bridgehead atoms. The van der Waals surface area contributed by atoms with E-state index in [-0.39, 0.29) is 11.9 Å². The van der Waals surface area contributed by atoms with E-state index in [1.165, 1.54) is 12.3 Å². The van der Waals surface area contributed by atoms with Crippen LogP contribution in [-0.4, -0.2) is 19.5 Å². The first-order chi connectivity index (χ1) is 10.9. The molecule has 0 aliphatic rings. The molecule has 0 aliphatic carbocycles. The summed E-state index contributed by atoms with van der Waals surface area (Å²) in [6, 6.07) is 3.75. The molecule has 4 nitrogen and oxygen atoms in total. The van der Waals surface area contributed by atoms with Crippen LogP contribution in [0.3, 0.4) is 0 Å². The van der Waals surface area contributed by atoms with Gasteiger partial charge in [-0.3, -0.25) is 4.98 Å². The van der Waals surface area contributed by atoms with Gasteiger partial charge in [-0.1, -0.05) is 6.58 Å². The van der Waals surface area contributed by atoms with Crippen LogP contribution in [-0.2, 0) is 0 Å². The molecule has 0 aliphatic heterocycles. The minimum atomic E-state index is -0.371. The number of fused-ring (bicyclic) bond motifs is 1. The molecular formula is C18H19FN4. The fourth-order valence-corrected chi connectivity index (χ4v) is 2.88. The van der Waals surface area contributed by atoms with Crippen molar-refractivity contribution in [3.8, 4) is 0 Å². The standard InChI is InChI=1S/C18H19FN4/c1-10(2)23-13(5)22-18-17(23)6-14(8-21-18)11(3)16-7-15(19)9-20-12(16)4/h6-10H,3H2,1-2,4-5H3. The lowest BCUT2D eigenvalue weighted by atomic mass is 10.00. The second-order valence-electron chi connectivity index (χ2n) is 5.95. The van der Waals surface area contributed by atoms with E-state index in [9.17, 15) is 4.39 Å². The highest BCUT2D eigenvalue weighted by molar-refractivity contribution is 5.84. The zero-order valence-corrected chi connectivity index (χ0v) is 13.8. The van der Waals surface area contributed by atoms with Gasteiger partial charge in [0.2, 0.25) is 0 Å². The van der Waals surface area contributed by atoms with Gasteiger partial charge in [-0.2, -0.15) is 0 Å². The van der Waals surface area contributed by atoms with Crippen molar-refractivity contribution in [3.05, 3.63) is 59.6 Å². The predicted molar refractivity (Wildman–Crippen MR) is 89.7 cm³/mol. The molecule has 0 amide bonds. The number of pyridine rings is 2. The normalized spacial score (nSPS) is 11.4. The van der Waals surface area contributed by atoms with Crippen LogP contribution in [0.25, 0.3) is 16.7 Å². The quantitative estimate of drug-likeness (QED) is 0.727. The van der Waals surface area contributed by atoms with Gasteiger partial charge in [0.05, 0.1) is 11.7 Å². The second-order valence-corrected chi connectivity index (χ2v) is 5.95. The second kappa shape index (κ2) is 5.57. The third kappa shape index (κ3) is 2.63. The minimum absolute atomic E-state index is 0.280. The number of rotatable bonds is 3. The van der Waals surface area contributed by atoms with Crippen LogP contribution in [0.4, 0.5) is 4.39 Å². The lowest BCUT2D eigenvalue weighted by Crippen LogP contribution is -2.03. The topological polar surface area (TPSA) is 43.6 Å². The summed E-state index contributed by atoms with van der Waals surface area (Å²) in [5.74, 6) is 0.553. The van der Waals surface area contributed by atoms with E-state index >= 15 is 0 Å². The number of aromatic nitrogens is 4. The molecule has 0 atom stereocenters. The first-order valence-corrected chi connectivity index (χ1v) is 7.55. The minimum Gasteiger partial charge on any atom is -0.324 e. The molecule has 23 heavy (non-hydrogen) atoms. The molecule has 0 aromatic carbocycles. The summed E-state index contributed by atoms with van der Waals surface area (Å²) in [5.41, 5.74) is 4.65. The molecule has 118 valence electrons. The van der Waals surface area contributed by atoms with Crippen molar-refractivity contribution in [1.29, 1.82) is 0 Å². The van der Waals surface area contributed by atoms with Crippen LogP contribution in [0.15, 0.2) is 31.1 Å². The fourth-order valence-electron chi connectivity index (χ4n) is 2.88. The van der Waals surface area contributed by atoms with Crippen molar-refractivity contribution < 1.29 is 4.39 Å². The predicted octanol–water partition coefficient (Wildman–Crippen LogP) is 4.22. The number of aryl methyl sites for hydroxylation is 2. The van der Waals surface area contributed by atoms with E-state index in [1.807, 2.05) is 19.9 Å². The Morgan fingerprint density at radius 1 is 1.17 bits per heavy atom. The van der Waals surface area contributed by atoms with Crippen molar-refractivity contribution in [2.45, 2.75) is 33.7 Å². The molecule has 0 N–H and O–H groups in total. The Labute approximate surface area is 134 Å². The van der Waals surface area contributed by atoms with E-state index in [1.54, 1.807) is 6.20 Å². The Hall–Kier alpha value is -2.56. The summed E-state index contributed by atoms with van der Waals surface area (Å²) in [7, 11) is 0. The Kier molecular flexibility index (Phi) is 3.72. The average molecular weight is 310 g/mol. The Bertz CT molecular complexity index is 909. The van der Waals surface area contributed by atoms with Crippen LogP contribution < -0.4 is 0 Å². The molecule has 0 spiro atoms. The molecule has 0 saturated carbocycles. The monoisotopic (exact) mass is 310 g/mol. The van der Waals surface area contributed by atoms with Gasteiger partial charge in [0.15, 0.2) is 5.65 Å². The number of imidazole rings is 1. The molecular weight excluding hydrogens is 291 g/mol. The lowest BCUT2D eigenvalue weighted by Gasteiger charge is -2.12. The summed E-state index contributed by atoms with van der Waals surface area (Å²) in [4.78, 5) is 13.0. The number of halogens is 1. The molecule has 0 radical (unpaired) electrons. The highest BCUT2D eigenvalue weighted by atomic mass is 19.1. The Morgan fingerprint density at radius 3 is 2.61 bits per heavy atom. The van der Waals surface area contributed by atoms with Gasteiger partial charge in [-0.05, 0) is 45.4 Å². The van der Waals surface area contributed by atoms with E-state index in [0.717, 1.165) is 22.6 Å². The maximum absolute atomic E-state index is 13.5. The smallest absolute Gasteiger partial charge is 0.177 e. The highest BCUT2D eigenvalue weighted by Crippen LogP contribution is 2.27. The fraction of sp³-hybridized carbons (Fsp3) is 0.278. The van der Waals surface area contributed by atoms with E-state index < -0.39 is 0 Å². The van der Waals surface area contributed by atoms with Gasteiger partial charge in [0.25, 0.3) is 0 Å². The summed E-state index contributed by atoms with van der Waals surface area (Å²) in [6.45, 7) is 12.1. The largest absolute Gasteiger partial charge is 0.324 e. The van der Waals surface area contributed by atoms with Crippen LogP contribution in [0.5, 0.6) is 0 Å². The third-order valence-electron chi connectivity index (χ3n) is 3.97. The summed E-state index contributed by atoms with van der Waals surface area (Å²) in [6.07, 6.45) is 2.94. The molecule has 5 heteroatoms. The lowest BCUT2D eigenvalue weighted by molar-refractivity contribution is 0.600. The van der Waals surface area contributed by atoms with Crippen molar-refractivity contribution in [3.63, 3.8) is 0 Å². The maximum atomic E-state index is 13.5. The molecule has 3 aromatic rings. The first kappa shape index (κ1) is 15.3. The molecule has 3 rings (SSSR count). The molecule has 3 aromatic heterocycles. The van der Waals surface area contributed by atoms with Crippen LogP contribution >= 0.6 is 0 Å². The van der Waals surface area contributed by atoms with Crippen LogP contribution in [0.1, 0.15) is 42.5 Å². The number of nitrogens with zero attached hydrogens (tertiary/aromatic N) is 4. The van der Waals surface area contributed by atoms with E-state index in [4.69, 9.17) is 0 Å². The molecule has 0 unspecified atom stereocenters. The summed E-state index contributed by atoms with van der Waals surface area (Å²) >= 11 is 0. The third-order valence-corrected chi connectivity index (χ3v) is 3.97. The van der Waals surface area contributed by atoms with Gasteiger partial charge in [-0.25, -0.2) is 14.4 Å². The summed E-state index contributed by atoms with van der Waals surface area (Å²) < 4.78 is 15.7. The van der Waals surface area contributed by atoms with Gasteiger partial charge >= 0.3 is 0 Å². The molecule has 3 heterocycles. The van der Waals surface area contributed by atoms with E-state index in [2.05, 4.69) is 39.9 Å². The highest BCUT2D eigenvalue weighted by Gasteiger charge is 2.14. The molecule has 0 fully saturated rings. The van der Waals surface area contributed by atoms with E-state index in [0.29, 0.717) is 16.8 Å². The van der Waals surface area contributed by atoms with Crippen molar-refractivity contribution in [1.82, 2.24) is 19.5 Å². The zero-order chi connectivity index (χ0) is 16.7. The Morgan fingerprint density at radius 2 is 1.91 bits per heavy atom. The van der Waals surface area contributed by atoms with Crippen molar-refractivity contribution in [2.75, 3.05) is 0 Å². The van der Waals surface area contributed by atoms with Crippen molar-refractivity contribution >= 4 is 16.7 Å².